The number of hydrogen-bond acceptors (Lipinski definition) is 3. The molecule has 0 aliphatic heterocycles. The first-order valence-corrected chi connectivity index (χ1v) is 8.59. The van der Waals surface area contributed by atoms with Crippen LogP contribution < -0.4 is 0 Å². The molecular weight excluding hydrogens is 335 g/mol. The van der Waals surface area contributed by atoms with Crippen LogP contribution in [0, 0.1) is 0 Å². The highest BCUT2D eigenvalue weighted by Gasteiger charge is 2.35. The van der Waals surface area contributed by atoms with Gasteiger partial charge in [0, 0.05) is 23.6 Å². The molecule has 6 heteroatoms. The lowest BCUT2D eigenvalue weighted by atomic mass is 9.93. The third kappa shape index (κ3) is 3.70. The standard InChI is InChI=1S/C18H18F3NOS/c1-23-11-22-16-10-13(17-6-3-7-24-17)9-15(16)12-4-2-5-14(8-12)18(19,20)21/h2-8,13,15H,9-11H2,1H3. The van der Waals surface area contributed by atoms with E-state index < -0.39 is 11.7 Å². The van der Waals surface area contributed by atoms with E-state index in [-0.39, 0.29) is 12.6 Å². The summed E-state index contributed by atoms with van der Waals surface area (Å²) in [6.45, 7) is 0.238. The average Bonchev–Trinajstić information content (AvgIpc) is 3.21. The number of alkyl halides is 3. The summed E-state index contributed by atoms with van der Waals surface area (Å²) in [5, 5.41) is 2.03. The highest BCUT2D eigenvalue weighted by Crippen LogP contribution is 2.44. The Labute approximate surface area is 143 Å². The number of aliphatic imine (C=N–C) groups is 1. The molecule has 1 aromatic carbocycles. The lowest BCUT2D eigenvalue weighted by Crippen LogP contribution is -2.10. The van der Waals surface area contributed by atoms with Crippen LogP contribution in [0.1, 0.15) is 40.7 Å². The predicted octanol–water partition coefficient (Wildman–Crippen LogP) is 5.47. The molecule has 1 aliphatic rings. The molecule has 128 valence electrons. The van der Waals surface area contributed by atoms with Crippen LogP contribution in [-0.4, -0.2) is 19.6 Å². The molecule has 0 saturated heterocycles. The van der Waals surface area contributed by atoms with Crippen molar-refractivity contribution < 1.29 is 17.9 Å². The monoisotopic (exact) mass is 353 g/mol. The molecule has 1 aromatic heterocycles. The minimum absolute atomic E-state index is 0.0884. The SMILES string of the molecule is COCN=C1CC(c2cccs2)CC1c1cccc(C(F)(F)F)c1. The average molecular weight is 353 g/mol. The van der Waals surface area contributed by atoms with Crippen molar-refractivity contribution in [3.05, 3.63) is 57.8 Å². The van der Waals surface area contributed by atoms with E-state index >= 15 is 0 Å². The van der Waals surface area contributed by atoms with E-state index in [9.17, 15) is 13.2 Å². The summed E-state index contributed by atoms with van der Waals surface area (Å²) in [5.41, 5.74) is 0.999. The molecule has 1 aliphatic carbocycles. The number of methoxy groups -OCH3 is 1. The summed E-state index contributed by atoms with van der Waals surface area (Å²) in [6, 6.07) is 9.69. The maximum atomic E-state index is 13.0. The van der Waals surface area contributed by atoms with Crippen LogP contribution >= 0.6 is 11.3 Å². The fourth-order valence-corrected chi connectivity index (χ4v) is 4.06. The second-order valence-electron chi connectivity index (χ2n) is 5.90. The first-order valence-electron chi connectivity index (χ1n) is 7.71. The van der Waals surface area contributed by atoms with Gasteiger partial charge in [0.2, 0.25) is 0 Å². The second-order valence-corrected chi connectivity index (χ2v) is 6.87. The Morgan fingerprint density at radius 1 is 1.25 bits per heavy atom. The number of thiophene rings is 1. The molecule has 1 saturated carbocycles. The summed E-state index contributed by atoms with van der Waals surface area (Å²) in [5.74, 6) is 0.217. The van der Waals surface area contributed by atoms with Crippen LogP contribution in [0.2, 0.25) is 0 Å². The largest absolute Gasteiger partial charge is 0.416 e. The molecule has 2 unspecified atom stereocenters. The maximum absolute atomic E-state index is 13.0. The van der Waals surface area contributed by atoms with E-state index in [0.29, 0.717) is 11.5 Å². The Balaban J connectivity index is 1.92. The molecule has 2 aromatic rings. The summed E-state index contributed by atoms with van der Waals surface area (Å²) in [7, 11) is 1.56. The molecule has 1 fully saturated rings. The molecule has 0 N–H and O–H groups in total. The smallest absolute Gasteiger partial charge is 0.363 e. The number of ether oxygens (including phenoxy) is 1. The van der Waals surface area contributed by atoms with Gasteiger partial charge >= 0.3 is 6.18 Å². The number of benzene rings is 1. The molecule has 2 nitrogen and oxygen atoms in total. The van der Waals surface area contributed by atoms with Crippen molar-refractivity contribution in [2.45, 2.75) is 30.9 Å². The summed E-state index contributed by atoms with van der Waals surface area (Å²) >= 11 is 1.68. The van der Waals surface area contributed by atoms with Crippen LogP contribution in [0.15, 0.2) is 46.8 Å². The minimum Gasteiger partial charge on any atom is -0.363 e. The number of rotatable bonds is 4. The van der Waals surface area contributed by atoms with Gasteiger partial charge in [0.15, 0.2) is 0 Å². The third-order valence-electron chi connectivity index (χ3n) is 4.34. The third-order valence-corrected chi connectivity index (χ3v) is 5.37. The fourth-order valence-electron chi connectivity index (χ4n) is 3.22. The van der Waals surface area contributed by atoms with E-state index in [1.807, 2.05) is 11.4 Å². The predicted molar refractivity (Wildman–Crippen MR) is 89.8 cm³/mol. The van der Waals surface area contributed by atoms with Crippen molar-refractivity contribution in [2.75, 3.05) is 13.8 Å². The minimum atomic E-state index is -4.33. The zero-order valence-corrected chi connectivity index (χ0v) is 14.0. The zero-order chi connectivity index (χ0) is 17.2. The Bertz CT molecular complexity index is 709. The van der Waals surface area contributed by atoms with E-state index in [1.165, 1.54) is 17.0 Å². The highest BCUT2D eigenvalue weighted by atomic mass is 32.1. The van der Waals surface area contributed by atoms with Crippen LogP contribution in [0.4, 0.5) is 13.2 Å². The fraction of sp³-hybridized carbons (Fsp3) is 0.389. The lowest BCUT2D eigenvalue weighted by molar-refractivity contribution is -0.137. The van der Waals surface area contributed by atoms with Crippen molar-refractivity contribution in [1.29, 1.82) is 0 Å². The van der Waals surface area contributed by atoms with Gasteiger partial charge in [-0.15, -0.1) is 11.3 Å². The zero-order valence-electron chi connectivity index (χ0n) is 13.2. The lowest BCUT2D eigenvalue weighted by Gasteiger charge is -2.15. The summed E-state index contributed by atoms with van der Waals surface area (Å²) in [4.78, 5) is 5.73. The summed E-state index contributed by atoms with van der Waals surface area (Å²) < 4.78 is 44.0. The van der Waals surface area contributed by atoms with Crippen LogP contribution in [0.25, 0.3) is 0 Å². The van der Waals surface area contributed by atoms with E-state index in [2.05, 4.69) is 11.1 Å². The Morgan fingerprint density at radius 3 is 2.75 bits per heavy atom. The van der Waals surface area contributed by atoms with Gasteiger partial charge in [0.1, 0.15) is 6.73 Å². The second kappa shape index (κ2) is 7.07. The molecule has 0 radical (unpaired) electrons. The quantitative estimate of drug-likeness (QED) is 0.714. The van der Waals surface area contributed by atoms with Crippen molar-refractivity contribution in [3.63, 3.8) is 0 Å². The van der Waals surface area contributed by atoms with Crippen LogP contribution in [-0.2, 0) is 10.9 Å². The topological polar surface area (TPSA) is 21.6 Å². The van der Waals surface area contributed by atoms with E-state index in [4.69, 9.17) is 4.74 Å². The number of halogens is 3. The van der Waals surface area contributed by atoms with Gasteiger partial charge in [0.05, 0.1) is 5.56 Å². The van der Waals surface area contributed by atoms with Crippen molar-refractivity contribution in [1.82, 2.24) is 0 Å². The molecule has 1 heterocycles. The van der Waals surface area contributed by atoms with E-state index in [0.717, 1.165) is 24.6 Å². The van der Waals surface area contributed by atoms with Crippen molar-refractivity contribution in [2.24, 2.45) is 4.99 Å². The first kappa shape index (κ1) is 17.2. The maximum Gasteiger partial charge on any atom is 0.416 e. The van der Waals surface area contributed by atoms with Crippen LogP contribution in [0.5, 0.6) is 0 Å². The molecule has 0 bridgehead atoms. The molecule has 0 spiro atoms. The molecular formula is C18H18F3NOS. The normalized spacial score (nSPS) is 23.1. The summed E-state index contributed by atoms with van der Waals surface area (Å²) in [6.07, 6.45) is -2.78. The van der Waals surface area contributed by atoms with Crippen LogP contribution in [0.3, 0.4) is 0 Å². The van der Waals surface area contributed by atoms with Gasteiger partial charge in [-0.25, -0.2) is 0 Å². The molecule has 2 atom stereocenters. The Kier molecular flexibility index (Phi) is 5.06. The number of nitrogens with zero attached hydrogens (tertiary/aromatic N) is 1. The van der Waals surface area contributed by atoms with Gasteiger partial charge in [0.25, 0.3) is 0 Å². The van der Waals surface area contributed by atoms with Gasteiger partial charge < -0.3 is 4.74 Å². The van der Waals surface area contributed by atoms with Crippen molar-refractivity contribution >= 4 is 17.0 Å². The Hall–Kier alpha value is -1.66. The van der Waals surface area contributed by atoms with Crippen molar-refractivity contribution in [3.8, 4) is 0 Å². The van der Waals surface area contributed by atoms with Gasteiger partial charge in [-0.1, -0.05) is 24.3 Å². The van der Waals surface area contributed by atoms with Gasteiger partial charge in [-0.05, 0) is 41.8 Å². The molecule has 3 rings (SSSR count). The van der Waals surface area contributed by atoms with E-state index in [1.54, 1.807) is 24.5 Å². The molecule has 0 amide bonds. The first-order chi connectivity index (χ1) is 11.5. The Morgan fingerprint density at radius 2 is 2.08 bits per heavy atom. The van der Waals surface area contributed by atoms with Gasteiger partial charge in [-0.2, -0.15) is 13.2 Å². The molecule has 24 heavy (non-hydrogen) atoms. The number of hydrogen-bond donors (Lipinski definition) is 0. The van der Waals surface area contributed by atoms with Gasteiger partial charge in [-0.3, -0.25) is 4.99 Å². The highest BCUT2D eigenvalue weighted by molar-refractivity contribution is 7.10.